The van der Waals surface area contributed by atoms with Crippen LogP contribution in [0.3, 0.4) is 0 Å². The molecular weight excluding hydrogens is 332 g/mol. The van der Waals surface area contributed by atoms with Gasteiger partial charge in [-0.15, -0.1) is 0 Å². The molecule has 2 atom stereocenters. The number of carboxylic acid groups (broad SMARTS) is 1. The van der Waals surface area contributed by atoms with Crippen molar-refractivity contribution < 1.29 is 23.1 Å². The van der Waals surface area contributed by atoms with E-state index < -0.39 is 21.7 Å². The van der Waals surface area contributed by atoms with Crippen LogP contribution in [0.15, 0.2) is 24.4 Å². The first-order chi connectivity index (χ1) is 11.4. The number of carbonyl (C=O) groups is 2. The molecule has 0 spiro atoms. The van der Waals surface area contributed by atoms with E-state index in [0.29, 0.717) is 25.1 Å². The van der Waals surface area contributed by atoms with E-state index in [1.165, 1.54) is 0 Å². The van der Waals surface area contributed by atoms with Gasteiger partial charge in [0.2, 0.25) is 5.91 Å². The molecule has 7 nitrogen and oxygen atoms in total. The molecule has 0 radical (unpaired) electrons. The summed E-state index contributed by atoms with van der Waals surface area (Å²) in [7, 11) is -3.03. The number of rotatable bonds is 3. The zero-order chi connectivity index (χ0) is 17.3. The quantitative estimate of drug-likeness (QED) is 0.851. The van der Waals surface area contributed by atoms with Crippen LogP contribution in [0.5, 0.6) is 0 Å². The minimum absolute atomic E-state index is 0.0310. The molecule has 130 valence electrons. The van der Waals surface area contributed by atoms with E-state index in [1.807, 2.05) is 0 Å². The maximum Gasteiger partial charge on any atom is 0.309 e. The fourth-order valence-corrected chi connectivity index (χ4v) is 5.02. The molecule has 0 aliphatic carbocycles. The fourth-order valence-electron chi connectivity index (χ4n) is 3.52. The van der Waals surface area contributed by atoms with Crippen LogP contribution in [0, 0.1) is 11.8 Å². The highest BCUT2D eigenvalue weighted by molar-refractivity contribution is 7.91. The molecule has 24 heavy (non-hydrogen) atoms. The first-order valence-electron chi connectivity index (χ1n) is 8.00. The molecule has 8 heteroatoms. The Morgan fingerprint density at radius 3 is 2.46 bits per heavy atom. The summed E-state index contributed by atoms with van der Waals surface area (Å²) in [6.45, 7) is 0.467. The summed E-state index contributed by atoms with van der Waals surface area (Å²) in [5, 5.41) is 9.48. The number of pyridine rings is 1. The van der Waals surface area contributed by atoms with Crippen molar-refractivity contribution in [1.82, 2.24) is 9.88 Å². The Bertz CT molecular complexity index is 720. The van der Waals surface area contributed by atoms with Crippen LogP contribution in [-0.4, -0.2) is 59.9 Å². The summed E-state index contributed by atoms with van der Waals surface area (Å²) in [5.74, 6) is -2.35. The molecule has 1 amide bonds. The summed E-state index contributed by atoms with van der Waals surface area (Å²) in [6.07, 6.45) is 2.26. The highest BCUT2D eigenvalue weighted by Crippen LogP contribution is 2.33. The Labute approximate surface area is 140 Å². The summed E-state index contributed by atoms with van der Waals surface area (Å²) in [4.78, 5) is 30.1. The number of hydrogen-bond donors (Lipinski definition) is 1. The second kappa shape index (κ2) is 6.51. The highest BCUT2D eigenvalue weighted by Gasteiger charge is 2.43. The van der Waals surface area contributed by atoms with E-state index in [2.05, 4.69) is 4.98 Å². The van der Waals surface area contributed by atoms with Gasteiger partial charge in [-0.3, -0.25) is 14.6 Å². The maximum atomic E-state index is 12.7. The monoisotopic (exact) mass is 352 g/mol. The van der Waals surface area contributed by atoms with Crippen LogP contribution in [0.1, 0.15) is 24.5 Å². The molecule has 2 fully saturated rings. The van der Waals surface area contributed by atoms with Crippen molar-refractivity contribution in [2.24, 2.45) is 11.8 Å². The third-order valence-electron chi connectivity index (χ3n) is 4.92. The lowest BCUT2D eigenvalue weighted by Crippen LogP contribution is -2.39. The van der Waals surface area contributed by atoms with E-state index in [1.54, 1.807) is 29.3 Å². The predicted molar refractivity (Wildman–Crippen MR) is 86.1 cm³/mol. The molecule has 2 aliphatic heterocycles. The third-order valence-corrected chi connectivity index (χ3v) is 6.64. The molecule has 3 rings (SSSR count). The van der Waals surface area contributed by atoms with Gasteiger partial charge in [0.05, 0.1) is 17.4 Å². The minimum Gasteiger partial charge on any atom is -0.481 e. The van der Waals surface area contributed by atoms with Crippen LogP contribution in [0.25, 0.3) is 0 Å². The van der Waals surface area contributed by atoms with Gasteiger partial charge in [-0.05, 0) is 25.0 Å². The molecule has 0 saturated carbocycles. The molecule has 2 aliphatic rings. The Morgan fingerprint density at radius 1 is 1.17 bits per heavy atom. The van der Waals surface area contributed by atoms with E-state index in [-0.39, 0.29) is 35.8 Å². The third kappa shape index (κ3) is 3.43. The first-order valence-corrected chi connectivity index (χ1v) is 9.82. The van der Waals surface area contributed by atoms with Crippen LogP contribution >= 0.6 is 0 Å². The van der Waals surface area contributed by atoms with Crippen molar-refractivity contribution in [3.05, 3.63) is 30.1 Å². The summed E-state index contributed by atoms with van der Waals surface area (Å²) in [5.41, 5.74) is 0.673. The predicted octanol–water partition coefficient (Wildman–Crippen LogP) is 0.533. The number of carboxylic acids is 1. The van der Waals surface area contributed by atoms with E-state index in [4.69, 9.17) is 0 Å². The summed E-state index contributed by atoms with van der Waals surface area (Å²) in [6, 6.07) is 5.35. The summed E-state index contributed by atoms with van der Waals surface area (Å²) >= 11 is 0. The van der Waals surface area contributed by atoms with Crippen molar-refractivity contribution in [3.8, 4) is 0 Å². The summed E-state index contributed by atoms with van der Waals surface area (Å²) < 4.78 is 23.0. The molecular formula is C16H20N2O5S. The zero-order valence-electron chi connectivity index (χ0n) is 13.2. The normalized spacial score (nSPS) is 27.1. The van der Waals surface area contributed by atoms with Crippen LogP contribution in [-0.2, 0) is 19.4 Å². The highest BCUT2D eigenvalue weighted by atomic mass is 32.2. The van der Waals surface area contributed by atoms with Gasteiger partial charge >= 0.3 is 5.97 Å². The average Bonchev–Trinajstić information content (AvgIpc) is 3.00. The van der Waals surface area contributed by atoms with Crippen LogP contribution in [0.2, 0.25) is 0 Å². The van der Waals surface area contributed by atoms with Crippen molar-refractivity contribution in [2.45, 2.75) is 18.8 Å². The Morgan fingerprint density at radius 2 is 1.88 bits per heavy atom. The van der Waals surface area contributed by atoms with Crippen molar-refractivity contribution >= 4 is 21.7 Å². The fraction of sp³-hybridized carbons (Fsp3) is 0.562. The number of sulfone groups is 1. The molecule has 1 aromatic rings. The Balaban J connectivity index is 1.73. The molecule has 0 aromatic carbocycles. The van der Waals surface area contributed by atoms with Gasteiger partial charge in [-0.25, -0.2) is 8.42 Å². The molecule has 0 unspecified atom stereocenters. The lowest BCUT2D eigenvalue weighted by molar-refractivity contribution is -0.142. The molecule has 0 bridgehead atoms. The van der Waals surface area contributed by atoms with Crippen molar-refractivity contribution in [3.63, 3.8) is 0 Å². The smallest absolute Gasteiger partial charge is 0.309 e. The lowest BCUT2D eigenvalue weighted by Gasteiger charge is -2.26. The number of aliphatic carboxylic acids is 1. The molecule has 3 heterocycles. The van der Waals surface area contributed by atoms with Gasteiger partial charge in [0.1, 0.15) is 9.84 Å². The molecule has 1 N–H and O–H groups in total. The van der Waals surface area contributed by atoms with Gasteiger partial charge in [0.25, 0.3) is 0 Å². The van der Waals surface area contributed by atoms with Gasteiger partial charge in [-0.2, -0.15) is 0 Å². The topological polar surface area (TPSA) is 105 Å². The number of nitrogens with zero attached hydrogens (tertiary/aromatic N) is 2. The number of aromatic nitrogens is 1. The van der Waals surface area contributed by atoms with E-state index >= 15 is 0 Å². The number of carbonyl (C=O) groups excluding carboxylic acids is 1. The first kappa shape index (κ1) is 16.9. The lowest BCUT2D eigenvalue weighted by atomic mass is 9.93. The van der Waals surface area contributed by atoms with Gasteiger partial charge in [-0.1, -0.05) is 6.07 Å². The Hall–Kier alpha value is -1.96. The van der Waals surface area contributed by atoms with Crippen molar-refractivity contribution in [1.29, 1.82) is 0 Å². The van der Waals surface area contributed by atoms with Crippen molar-refractivity contribution in [2.75, 3.05) is 24.6 Å². The standard InChI is InChI=1S/C16H20N2O5S/c19-15(11-4-7-24(22,23)8-5-11)18-9-12(13(10-18)16(20)21)14-3-1-2-6-17-14/h1-3,6,11-13H,4-5,7-10H2,(H,20,21)/t12-,13-/m1/s1. The van der Waals surface area contributed by atoms with Gasteiger partial charge in [0, 0.05) is 36.8 Å². The largest absolute Gasteiger partial charge is 0.481 e. The minimum atomic E-state index is -3.03. The average molecular weight is 352 g/mol. The number of likely N-dealkylation sites (tertiary alicyclic amines) is 1. The maximum absolute atomic E-state index is 12.7. The second-order valence-electron chi connectivity index (χ2n) is 6.48. The van der Waals surface area contributed by atoms with Gasteiger partial charge < -0.3 is 10.0 Å². The van der Waals surface area contributed by atoms with Crippen LogP contribution in [0.4, 0.5) is 0 Å². The molecule has 1 aromatic heterocycles. The molecule has 2 saturated heterocycles. The number of hydrogen-bond acceptors (Lipinski definition) is 5. The SMILES string of the molecule is O=C(O)[C@@H]1CN(C(=O)C2CCS(=O)(=O)CC2)C[C@H]1c1ccccn1. The number of amides is 1. The zero-order valence-corrected chi connectivity index (χ0v) is 14.0. The second-order valence-corrected chi connectivity index (χ2v) is 8.78. The van der Waals surface area contributed by atoms with Crippen LogP contribution < -0.4 is 0 Å². The Kier molecular flexibility index (Phi) is 4.58. The van der Waals surface area contributed by atoms with E-state index in [0.717, 1.165) is 0 Å². The van der Waals surface area contributed by atoms with E-state index in [9.17, 15) is 23.1 Å². The van der Waals surface area contributed by atoms with Gasteiger partial charge in [0.15, 0.2) is 0 Å².